The predicted molar refractivity (Wildman–Crippen MR) is 86.6 cm³/mol. The number of nitrogens with one attached hydrogen (secondary N) is 1. The lowest BCUT2D eigenvalue weighted by Crippen LogP contribution is -2.26. The van der Waals surface area contributed by atoms with Gasteiger partial charge in [0.2, 0.25) is 5.91 Å². The van der Waals surface area contributed by atoms with Gasteiger partial charge in [-0.3, -0.25) is 14.3 Å². The summed E-state index contributed by atoms with van der Waals surface area (Å²) in [5.41, 5.74) is 3.63. The summed E-state index contributed by atoms with van der Waals surface area (Å²) in [5, 5.41) is 11.7. The highest BCUT2D eigenvalue weighted by Crippen LogP contribution is 2.40. The molecule has 1 aliphatic heterocycles. The zero-order chi connectivity index (χ0) is 17.4. The maximum atomic E-state index is 12.2. The second kappa shape index (κ2) is 6.10. The largest absolute Gasteiger partial charge is 0.465 e. The second-order valence-corrected chi connectivity index (χ2v) is 5.96. The normalized spacial score (nSPS) is 16.7. The first-order valence-corrected chi connectivity index (χ1v) is 7.93. The molecule has 8 heteroatoms. The summed E-state index contributed by atoms with van der Waals surface area (Å²) in [5.74, 6) is -0.0130. The number of esters is 1. The molecular formula is C16H21N5O3. The molecule has 8 nitrogen and oxygen atoms in total. The van der Waals surface area contributed by atoms with Gasteiger partial charge in [-0.25, -0.2) is 4.68 Å². The average Bonchev–Trinajstić information content (AvgIpc) is 2.98. The van der Waals surface area contributed by atoms with E-state index in [0.717, 1.165) is 22.5 Å². The Hall–Kier alpha value is -2.64. The van der Waals surface area contributed by atoms with Crippen molar-refractivity contribution in [2.24, 2.45) is 7.05 Å². The number of amides is 1. The number of anilines is 1. The highest BCUT2D eigenvalue weighted by molar-refractivity contribution is 5.95. The fourth-order valence-electron chi connectivity index (χ4n) is 3.28. The first-order chi connectivity index (χ1) is 11.4. The second-order valence-electron chi connectivity index (χ2n) is 5.96. The van der Waals surface area contributed by atoms with Gasteiger partial charge in [-0.15, -0.1) is 0 Å². The molecule has 1 amide bonds. The summed E-state index contributed by atoms with van der Waals surface area (Å²) in [7, 11) is 1.86. The number of aryl methyl sites for hydroxylation is 3. The number of carbonyl (C=O) groups excluding carboxylic acids is 2. The number of ether oxygens (including phenoxy) is 1. The van der Waals surface area contributed by atoms with Crippen LogP contribution in [0, 0.1) is 13.8 Å². The SMILES string of the molecule is CCOC(=O)Cn1nc(C)c2c1NC(=O)CC2c1cn(C)nc1C. The Kier molecular flexibility index (Phi) is 4.13. The first-order valence-electron chi connectivity index (χ1n) is 7.93. The van der Waals surface area contributed by atoms with Crippen LogP contribution in [0.5, 0.6) is 0 Å². The van der Waals surface area contributed by atoms with Crippen LogP contribution in [0.25, 0.3) is 0 Å². The molecule has 0 radical (unpaired) electrons. The van der Waals surface area contributed by atoms with Crippen LogP contribution in [0.3, 0.4) is 0 Å². The minimum atomic E-state index is -0.378. The summed E-state index contributed by atoms with van der Waals surface area (Å²) in [6.07, 6.45) is 2.27. The van der Waals surface area contributed by atoms with Gasteiger partial charge in [-0.05, 0) is 20.8 Å². The molecule has 1 atom stereocenters. The molecule has 0 spiro atoms. The number of nitrogens with zero attached hydrogens (tertiary/aromatic N) is 4. The van der Waals surface area contributed by atoms with Crippen molar-refractivity contribution >= 4 is 17.7 Å². The van der Waals surface area contributed by atoms with E-state index < -0.39 is 0 Å². The van der Waals surface area contributed by atoms with E-state index in [-0.39, 0.29) is 24.3 Å². The Balaban J connectivity index is 2.04. The lowest BCUT2D eigenvalue weighted by atomic mass is 9.86. The van der Waals surface area contributed by atoms with Crippen molar-refractivity contribution in [3.05, 3.63) is 28.7 Å². The van der Waals surface area contributed by atoms with Gasteiger partial charge >= 0.3 is 5.97 Å². The Morgan fingerprint density at radius 2 is 2.12 bits per heavy atom. The van der Waals surface area contributed by atoms with Crippen molar-refractivity contribution in [3.63, 3.8) is 0 Å². The number of fused-ring (bicyclic) bond motifs is 1. The van der Waals surface area contributed by atoms with Gasteiger partial charge in [0.05, 0.1) is 18.0 Å². The van der Waals surface area contributed by atoms with Crippen LogP contribution in [0.15, 0.2) is 6.20 Å². The van der Waals surface area contributed by atoms with Crippen LogP contribution in [0.2, 0.25) is 0 Å². The Bertz CT molecular complexity index is 805. The highest BCUT2D eigenvalue weighted by atomic mass is 16.5. The summed E-state index contributed by atoms with van der Waals surface area (Å²) in [6, 6.07) is 0. The van der Waals surface area contributed by atoms with Crippen molar-refractivity contribution in [1.82, 2.24) is 19.6 Å². The third kappa shape index (κ3) is 2.79. The van der Waals surface area contributed by atoms with E-state index in [2.05, 4.69) is 15.5 Å². The molecule has 0 aliphatic carbocycles. The molecule has 0 saturated heterocycles. The third-order valence-corrected chi connectivity index (χ3v) is 4.18. The zero-order valence-electron chi connectivity index (χ0n) is 14.3. The fourth-order valence-corrected chi connectivity index (χ4v) is 3.28. The van der Waals surface area contributed by atoms with E-state index in [4.69, 9.17) is 4.74 Å². The van der Waals surface area contributed by atoms with Gasteiger partial charge in [-0.2, -0.15) is 10.2 Å². The molecule has 1 unspecified atom stereocenters. The molecule has 0 bridgehead atoms. The van der Waals surface area contributed by atoms with Gasteiger partial charge in [0.1, 0.15) is 12.4 Å². The number of hydrogen-bond donors (Lipinski definition) is 1. The smallest absolute Gasteiger partial charge is 0.327 e. The van der Waals surface area contributed by atoms with E-state index >= 15 is 0 Å². The molecular weight excluding hydrogens is 310 g/mol. The predicted octanol–water partition coefficient (Wildman–Crippen LogP) is 1.27. The number of rotatable bonds is 4. The molecule has 128 valence electrons. The molecule has 2 aromatic rings. The first kappa shape index (κ1) is 16.2. The summed E-state index contributed by atoms with van der Waals surface area (Å²) < 4.78 is 8.24. The zero-order valence-corrected chi connectivity index (χ0v) is 14.3. The lowest BCUT2D eigenvalue weighted by Gasteiger charge is -2.23. The van der Waals surface area contributed by atoms with Gasteiger partial charge < -0.3 is 10.1 Å². The van der Waals surface area contributed by atoms with E-state index in [0.29, 0.717) is 18.8 Å². The minimum Gasteiger partial charge on any atom is -0.465 e. The van der Waals surface area contributed by atoms with E-state index in [1.54, 1.807) is 11.6 Å². The molecule has 0 aromatic carbocycles. The average molecular weight is 331 g/mol. The molecule has 2 aromatic heterocycles. The fraction of sp³-hybridized carbons (Fsp3) is 0.500. The van der Waals surface area contributed by atoms with Crippen molar-refractivity contribution in [2.75, 3.05) is 11.9 Å². The molecule has 3 heterocycles. The Labute approximate surface area is 139 Å². The monoisotopic (exact) mass is 331 g/mol. The van der Waals surface area contributed by atoms with Crippen molar-refractivity contribution < 1.29 is 14.3 Å². The summed E-state index contributed by atoms with van der Waals surface area (Å²) in [4.78, 5) is 24.0. The van der Waals surface area contributed by atoms with Crippen LogP contribution < -0.4 is 5.32 Å². The van der Waals surface area contributed by atoms with Crippen molar-refractivity contribution in [3.8, 4) is 0 Å². The van der Waals surface area contributed by atoms with Crippen LogP contribution in [0.1, 0.15) is 41.8 Å². The number of carbonyl (C=O) groups is 2. The van der Waals surface area contributed by atoms with Crippen molar-refractivity contribution in [2.45, 2.75) is 39.7 Å². The van der Waals surface area contributed by atoms with Crippen LogP contribution in [0.4, 0.5) is 5.82 Å². The van der Waals surface area contributed by atoms with E-state index in [1.165, 1.54) is 4.68 Å². The van der Waals surface area contributed by atoms with E-state index in [9.17, 15) is 9.59 Å². The molecule has 3 rings (SSSR count). The summed E-state index contributed by atoms with van der Waals surface area (Å²) in [6.45, 7) is 5.86. The highest BCUT2D eigenvalue weighted by Gasteiger charge is 2.34. The van der Waals surface area contributed by atoms with Crippen LogP contribution >= 0.6 is 0 Å². The van der Waals surface area contributed by atoms with E-state index in [1.807, 2.05) is 27.1 Å². The molecule has 24 heavy (non-hydrogen) atoms. The van der Waals surface area contributed by atoms with Gasteiger partial charge in [0, 0.05) is 36.7 Å². The van der Waals surface area contributed by atoms with Crippen LogP contribution in [-0.2, 0) is 27.9 Å². The number of hydrogen-bond acceptors (Lipinski definition) is 5. The maximum Gasteiger partial charge on any atom is 0.327 e. The molecule has 0 saturated carbocycles. The molecule has 1 N–H and O–H groups in total. The van der Waals surface area contributed by atoms with Crippen LogP contribution in [-0.4, -0.2) is 38.0 Å². The topological polar surface area (TPSA) is 91.0 Å². The van der Waals surface area contributed by atoms with Gasteiger partial charge in [0.15, 0.2) is 0 Å². The maximum absolute atomic E-state index is 12.2. The minimum absolute atomic E-state index is 0.0248. The summed E-state index contributed by atoms with van der Waals surface area (Å²) >= 11 is 0. The van der Waals surface area contributed by atoms with Gasteiger partial charge in [0.25, 0.3) is 0 Å². The Morgan fingerprint density at radius 1 is 1.38 bits per heavy atom. The number of aromatic nitrogens is 4. The molecule has 1 aliphatic rings. The van der Waals surface area contributed by atoms with Gasteiger partial charge in [-0.1, -0.05) is 0 Å². The quantitative estimate of drug-likeness (QED) is 0.852. The Morgan fingerprint density at radius 3 is 2.75 bits per heavy atom. The third-order valence-electron chi connectivity index (χ3n) is 4.18. The lowest BCUT2D eigenvalue weighted by molar-refractivity contribution is -0.144. The molecule has 0 fully saturated rings. The standard InChI is InChI=1S/C16H21N5O3/c1-5-24-14(23)8-21-16-15(10(3)19-21)11(6-13(22)17-16)12-7-20(4)18-9(12)2/h7,11H,5-6,8H2,1-4H3,(H,17,22). The van der Waals surface area contributed by atoms with Crippen molar-refractivity contribution in [1.29, 1.82) is 0 Å².